The quantitative estimate of drug-likeness (QED) is 0.889. The molecule has 1 aromatic heterocycles. The maximum Gasteiger partial charge on any atom is 0.123 e. The topological polar surface area (TPSA) is 51.4 Å². The number of hydrogen-bond acceptors (Lipinski definition) is 5. The van der Waals surface area contributed by atoms with Gasteiger partial charge in [0.15, 0.2) is 0 Å². The summed E-state index contributed by atoms with van der Waals surface area (Å²) >= 11 is 1.69. The highest BCUT2D eigenvalue weighted by Crippen LogP contribution is 2.29. The lowest BCUT2D eigenvalue weighted by molar-refractivity contribution is 0.237. The number of aromatic nitrogens is 1. The van der Waals surface area contributed by atoms with Crippen molar-refractivity contribution in [1.82, 2.24) is 9.88 Å². The van der Waals surface area contributed by atoms with Crippen LogP contribution in [-0.4, -0.2) is 30.6 Å². The largest absolute Gasteiger partial charge is 0.496 e. The van der Waals surface area contributed by atoms with Crippen LogP contribution in [0, 0.1) is 6.92 Å². The van der Waals surface area contributed by atoms with Crippen molar-refractivity contribution in [3.05, 3.63) is 45.9 Å². The van der Waals surface area contributed by atoms with Crippen molar-refractivity contribution in [2.75, 3.05) is 20.7 Å². The van der Waals surface area contributed by atoms with Gasteiger partial charge in [-0.05, 0) is 20.0 Å². The Bertz CT molecular complexity index is 556. The summed E-state index contributed by atoms with van der Waals surface area (Å²) in [5.74, 6) is 0.885. The van der Waals surface area contributed by atoms with Crippen molar-refractivity contribution in [3.63, 3.8) is 0 Å². The molecule has 0 aliphatic carbocycles. The first kappa shape index (κ1) is 15.0. The molecule has 0 spiro atoms. The van der Waals surface area contributed by atoms with Gasteiger partial charge in [-0.2, -0.15) is 0 Å². The minimum absolute atomic E-state index is 0.132. The molecule has 0 fully saturated rings. The molecule has 1 aromatic carbocycles. The van der Waals surface area contributed by atoms with Crippen LogP contribution < -0.4 is 10.5 Å². The summed E-state index contributed by atoms with van der Waals surface area (Å²) in [5.41, 5.74) is 10.1. The molecule has 0 saturated carbocycles. The van der Waals surface area contributed by atoms with Gasteiger partial charge in [0.05, 0.1) is 24.4 Å². The summed E-state index contributed by atoms with van der Waals surface area (Å²) in [6.07, 6.45) is 0. The monoisotopic (exact) mass is 291 g/mol. The van der Waals surface area contributed by atoms with Gasteiger partial charge in [-0.3, -0.25) is 4.90 Å². The molecule has 0 aliphatic rings. The first-order chi connectivity index (χ1) is 9.67. The van der Waals surface area contributed by atoms with Crippen LogP contribution >= 0.6 is 11.3 Å². The standard InChI is InChI=1S/C15H21N3OS/c1-11-15(20-10-17-11)9-18(2)13(8-16)12-6-4-5-7-14(12)19-3/h4-7,10,13H,8-9,16H2,1-3H3. The number of likely N-dealkylation sites (N-methyl/N-ethyl adjacent to an activating group) is 1. The lowest BCUT2D eigenvalue weighted by atomic mass is 10.0. The number of ether oxygens (including phenoxy) is 1. The molecule has 0 amide bonds. The molecule has 2 N–H and O–H groups in total. The van der Waals surface area contributed by atoms with Crippen molar-refractivity contribution in [2.24, 2.45) is 5.73 Å². The summed E-state index contributed by atoms with van der Waals surface area (Å²) in [6.45, 7) is 3.44. The maximum absolute atomic E-state index is 5.99. The van der Waals surface area contributed by atoms with Crippen molar-refractivity contribution < 1.29 is 4.74 Å². The zero-order valence-electron chi connectivity index (χ0n) is 12.2. The Hall–Kier alpha value is -1.43. The average molecular weight is 291 g/mol. The number of rotatable bonds is 6. The zero-order chi connectivity index (χ0) is 14.5. The van der Waals surface area contributed by atoms with Crippen LogP contribution in [0.1, 0.15) is 22.2 Å². The van der Waals surface area contributed by atoms with Crippen LogP contribution in [0.5, 0.6) is 5.75 Å². The number of nitrogens with two attached hydrogens (primary N) is 1. The number of hydrogen-bond donors (Lipinski definition) is 1. The lowest BCUT2D eigenvalue weighted by Gasteiger charge is -2.28. The normalized spacial score (nSPS) is 12.7. The second-order valence-electron chi connectivity index (χ2n) is 4.77. The van der Waals surface area contributed by atoms with Crippen LogP contribution in [-0.2, 0) is 6.54 Å². The molecule has 0 bridgehead atoms. The third-order valence-electron chi connectivity index (χ3n) is 3.49. The second kappa shape index (κ2) is 6.83. The van der Waals surface area contributed by atoms with Gasteiger partial charge in [0, 0.05) is 23.5 Å². The number of methoxy groups -OCH3 is 1. The fourth-order valence-electron chi connectivity index (χ4n) is 2.30. The molecule has 1 unspecified atom stereocenters. The summed E-state index contributed by atoms with van der Waals surface area (Å²) < 4.78 is 5.45. The third kappa shape index (κ3) is 3.17. The molecule has 1 heterocycles. The fourth-order valence-corrected chi connectivity index (χ4v) is 3.14. The highest BCUT2D eigenvalue weighted by atomic mass is 32.1. The van der Waals surface area contributed by atoms with E-state index < -0.39 is 0 Å². The SMILES string of the molecule is COc1ccccc1C(CN)N(C)Cc1scnc1C. The Labute approximate surface area is 124 Å². The van der Waals surface area contributed by atoms with E-state index in [1.807, 2.05) is 30.6 Å². The van der Waals surface area contributed by atoms with E-state index in [9.17, 15) is 0 Å². The minimum atomic E-state index is 0.132. The highest BCUT2D eigenvalue weighted by Gasteiger charge is 2.20. The zero-order valence-corrected chi connectivity index (χ0v) is 13.0. The van der Waals surface area contributed by atoms with Crippen LogP contribution in [0.4, 0.5) is 0 Å². The van der Waals surface area contributed by atoms with Gasteiger partial charge < -0.3 is 10.5 Å². The van der Waals surface area contributed by atoms with E-state index in [-0.39, 0.29) is 6.04 Å². The van der Waals surface area contributed by atoms with Crippen LogP contribution in [0.15, 0.2) is 29.8 Å². The van der Waals surface area contributed by atoms with Crippen LogP contribution in [0.2, 0.25) is 0 Å². The van der Waals surface area contributed by atoms with E-state index in [4.69, 9.17) is 10.5 Å². The molecule has 1 atom stereocenters. The van der Waals surface area contributed by atoms with Gasteiger partial charge in [0.2, 0.25) is 0 Å². The van der Waals surface area contributed by atoms with Gasteiger partial charge in [0.25, 0.3) is 0 Å². The van der Waals surface area contributed by atoms with Crippen molar-refractivity contribution in [3.8, 4) is 5.75 Å². The van der Waals surface area contributed by atoms with E-state index in [1.54, 1.807) is 18.4 Å². The smallest absolute Gasteiger partial charge is 0.123 e. The number of para-hydroxylation sites is 1. The van der Waals surface area contributed by atoms with Gasteiger partial charge in [-0.15, -0.1) is 11.3 Å². The summed E-state index contributed by atoms with van der Waals surface area (Å²) in [7, 11) is 3.78. The maximum atomic E-state index is 5.99. The molecule has 2 rings (SSSR count). The van der Waals surface area contributed by atoms with Gasteiger partial charge >= 0.3 is 0 Å². The lowest BCUT2D eigenvalue weighted by Crippen LogP contribution is -2.30. The Morgan fingerprint density at radius 1 is 1.40 bits per heavy atom. The molecule has 4 nitrogen and oxygen atoms in total. The van der Waals surface area contributed by atoms with Gasteiger partial charge in [-0.25, -0.2) is 4.98 Å². The van der Waals surface area contributed by atoms with Crippen molar-refractivity contribution in [2.45, 2.75) is 19.5 Å². The molecule has 0 saturated heterocycles. The molecule has 0 aliphatic heterocycles. The molecule has 5 heteroatoms. The van der Waals surface area contributed by atoms with E-state index >= 15 is 0 Å². The van der Waals surface area contributed by atoms with Gasteiger partial charge in [-0.1, -0.05) is 18.2 Å². The predicted octanol–water partition coefficient (Wildman–Crippen LogP) is 2.59. The number of nitrogens with zero attached hydrogens (tertiary/aromatic N) is 2. The van der Waals surface area contributed by atoms with E-state index in [1.165, 1.54) is 4.88 Å². The number of thiazole rings is 1. The highest BCUT2D eigenvalue weighted by molar-refractivity contribution is 7.09. The molecule has 20 heavy (non-hydrogen) atoms. The van der Waals surface area contributed by atoms with Gasteiger partial charge in [0.1, 0.15) is 5.75 Å². The fraction of sp³-hybridized carbons (Fsp3) is 0.400. The Kier molecular flexibility index (Phi) is 5.11. The first-order valence-electron chi connectivity index (χ1n) is 6.59. The molecular weight excluding hydrogens is 270 g/mol. The molecular formula is C15H21N3OS. The van der Waals surface area contributed by atoms with Crippen molar-refractivity contribution >= 4 is 11.3 Å². The van der Waals surface area contributed by atoms with Crippen LogP contribution in [0.25, 0.3) is 0 Å². The van der Waals surface area contributed by atoms with E-state index in [2.05, 4.69) is 23.0 Å². The Morgan fingerprint density at radius 2 is 2.15 bits per heavy atom. The average Bonchev–Trinajstić information content (AvgIpc) is 2.85. The summed E-state index contributed by atoms with van der Waals surface area (Å²) in [6, 6.07) is 8.18. The minimum Gasteiger partial charge on any atom is -0.496 e. The summed E-state index contributed by atoms with van der Waals surface area (Å²) in [4.78, 5) is 7.82. The van der Waals surface area contributed by atoms with E-state index in [0.717, 1.165) is 23.6 Å². The molecule has 2 aromatic rings. The number of aryl methyl sites for hydroxylation is 1. The van der Waals surface area contributed by atoms with Crippen LogP contribution in [0.3, 0.4) is 0 Å². The predicted molar refractivity (Wildman–Crippen MR) is 83.1 cm³/mol. The Balaban J connectivity index is 2.21. The Morgan fingerprint density at radius 3 is 2.75 bits per heavy atom. The summed E-state index contributed by atoms with van der Waals surface area (Å²) in [5, 5.41) is 0. The van der Waals surface area contributed by atoms with Crippen molar-refractivity contribution in [1.29, 1.82) is 0 Å². The first-order valence-corrected chi connectivity index (χ1v) is 7.47. The van der Waals surface area contributed by atoms with E-state index in [0.29, 0.717) is 6.54 Å². The number of benzene rings is 1. The third-order valence-corrected chi connectivity index (χ3v) is 4.41. The molecule has 108 valence electrons. The second-order valence-corrected chi connectivity index (χ2v) is 5.71. The molecule has 0 radical (unpaired) electrons.